The molecule has 1 aliphatic rings. The van der Waals surface area contributed by atoms with Crippen LogP contribution in [0.5, 0.6) is 0 Å². The molecule has 0 bridgehead atoms. The van der Waals surface area contributed by atoms with Gasteiger partial charge in [-0.25, -0.2) is 8.42 Å². The molecule has 6 rings (SSSR count). The Hall–Kier alpha value is -1.94. The average Bonchev–Trinajstić information content (AvgIpc) is 3.57. The zero-order chi connectivity index (χ0) is 31.4. The summed E-state index contributed by atoms with van der Waals surface area (Å²) in [6.07, 6.45) is 6.22. The molecule has 2 heterocycles. The predicted molar refractivity (Wildman–Crippen MR) is 181 cm³/mol. The Morgan fingerprint density at radius 1 is 1.00 bits per heavy atom. The Morgan fingerprint density at radius 2 is 1.72 bits per heavy atom. The Labute approximate surface area is 303 Å². The van der Waals surface area contributed by atoms with E-state index < -0.39 is 15.9 Å². The van der Waals surface area contributed by atoms with Gasteiger partial charge in [-0.2, -0.15) is 8.90 Å². The van der Waals surface area contributed by atoms with Crippen molar-refractivity contribution in [3.8, 4) is 0 Å². The molecule has 13 heteroatoms. The number of allylic oxidation sites excluding steroid dienone is 2. The predicted octanol–water partition coefficient (Wildman–Crippen LogP) is 3.94. The van der Waals surface area contributed by atoms with Crippen LogP contribution in [0.15, 0.2) is 94.4 Å². The van der Waals surface area contributed by atoms with Crippen LogP contribution in [0.25, 0.3) is 37.8 Å². The van der Waals surface area contributed by atoms with Crippen LogP contribution < -0.4 is 44.3 Å². The minimum atomic E-state index is -4.31. The van der Waals surface area contributed by atoms with Crippen molar-refractivity contribution >= 4 is 88.8 Å². The van der Waals surface area contributed by atoms with Crippen LogP contribution in [-0.2, 0) is 26.0 Å². The quantitative estimate of drug-likeness (QED) is 0.0343. The summed E-state index contributed by atoms with van der Waals surface area (Å²) in [5.41, 5.74) is 3.29. The van der Waals surface area contributed by atoms with E-state index in [9.17, 15) is 18.2 Å². The molecule has 4 aromatic carbocycles. The van der Waals surface area contributed by atoms with Crippen molar-refractivity contribution in [3.05, 3.63) is 94.5 Å². The fourth-order valence-corrected chi connectivity index (χ4v) is 9.07. The van der Waals surface area contributed by atoms with E-state index in [0.717, 1.165) is 73.9 Å². The Bertz CT molecular complexity index is 2030. The van der Waals surface area contributed by atoms with Crippen LogP contribution in [0.2, 0.25) is 0 Å². The molecule has 0 saturated carbocycles. The fraction of sp³-hybridized carbons (Fsp3) is 0.242. The molecular formula is C33H31N2NaO6S4. The van der Waals surface area contributed by atoms with Crippen molar-refractivity contribution in [3.63, 3.8) is 0 Å². The second-order valence-electron chi connectivity index (χ2n) is 10.6. The largest absolute Gasteiger partial charge is 1.00 e. The summed E-state index contributed by atoms with van der Waals surface area (Å²) in [5.74, 6) is 0.200. The number of hydrogen-bond donors (Lipinski definition) is 0. The van der Waals surface area contributed by atoms with Crippen molar-refractivity contribution in [2.24, 2.45) is 0 Å². The van der Waals surface area contributed by atoms with Crippen LogP contribution >= 0.6 is 35.1 Å². The number of thiazole rings is 1. The maximum Gasteiger partial charge on any atom is 1.00 e. The molecule has 1 aromatic heterocycles. The summed E-state index contributed by atoms with van der Waals surface area (Å²) < 4.78 is 42.3. The molecule has 0 aliphatic carbocycles. The molecule has 0 amide bonds. The molecule has 1 aliphatic heterocycles. The average molecular weight is 703 g/mol. The van der Waals surface area contributed by atoms with Crippen molar-refractivity contribution < 1.29 is 61.7 Å². The van der Waals surface area contributed by atoms with E-state index in [1.54, 1.807) is 23.1 Å². The van der Waals surface area contributed by atoms with Gasteiger partial charge in [0, 0.05) is 58.9 Å². The molecule has 0 atom stereocenters. The molecule has 0 unspecified atom stereocenters. The van der Waals surface area contributed by atoms with Gasteiger partial charge in [0.2, 0.25) is 5.52 Å². The smallest absolute Gasteiger partial charge is 0.748 e. The number of benzene rings is 4. The summed E-state index contributed by atoms with van der Waals surface area (Å²) >= 11 is 4.43. The number of fused-ring (bicyclic) bond motifs is 6. The number of rotatable bonds is 13. The van der Waals surface area contributed by atoms with Crippen LogP contribution in [0, 0.1) is 0 Å². The fourth-order valence-electron chi connectivity index (χ4n) is 5.63. The zero-order valence-electron chi connectivity index (χ0n) is 25.5. The monoisotopic (exact) mass is 702 g/mol. The van der Waals surface area contributed by atoms with E-state index in [-0.39, 0.29) is 36.0 Å². The van der Waals surface area contributed by atoms with E-state index in [1.807, 2.05) is 18.2 Å². The summed E-state index contributed by atoms with van der Waals surface area (Å²) in [4.78, 5) is 3.27. The minimum Gasteiger partial charge on any atom is -0.748 e. The van der Waals surface area contributed by atoms with Gasteiger partial charge in [0.25, 0.3) is 5.01 Å². The van der Waals surface area contributed by atoms with Gasteiger partial charge >= 0.3 is 29.6 Å². The second-order valence-corrected chi connectivity index (χ2v) is 15.0. The van der Waals surface area contributed by atoms with Crippen molar-refractivity contribution in [2.75, 3.05) is 23.0 Å². The van der Waals surface area contributed by atoms with Crippen molar-refractivity contribution in [2.45, 2.75) is 37.6 Å². The van der Waals surface area contributed by atoms with E-state index in [1.165, 1.54) is 15.5 Å². The molecule has 234 valence electrons. The molecule has 5 aromatic rings. The number of hydrogen-bond acceptors (Lipinski definition) is 10. The van der Waals surface area contributed by atoms with Gasteiger partial charge < -0.3 is 14.7 Å². The molecule has 0 spiro atoms. The van der Waals surface area contributed by atoms with Crippen LogP contribution in [-0.4, -0.2) is 31.0 Å². The molecule has 46 heavy (non-hydrogen) atoms. The van der Waals surface area contributed by atoms with Gasteiger partial charge in [-0.05, 0) is 52.8 Å². The van der Waals surface area contributed by atoms with Gasteiger partial charge in [-0.3, -0.25) is 5.04 Å². The van der Waals surface area contributed by atoms with E-state index in [0.29, 0.717) is 12.3 Å². The third kappa shape index (κ3) is 8.01. The van der Waals surface area contributed by atoms with E-state index >= 15 is 0 Å². The first kappa shape index (κ1) is 35.4. The van der Waals surface area contributed by atoms with E-state index in [4.69, 9.17) is 0 Å². The topological polar surface area (TPSA) is 106 Å². The first-order chi connectivity index (χ1) is 21.9. The number of thioether (sulfide) groups is 1. The molecule has 0 fully saturated rings. The molecule has 0 radical (unpaired) electrons. The molecule has 0 saturated heterocycles. The summed E-state index contributed by atoms with van der Waals surface area (Å²) in [7, 11) is -4.31. The second kappa shape index (κ2) is 16.0. The number of nitrogens with zero attached hydrogens (tertiary/aromatic N) is 2. The van der Waals surface area contributed by atoms with Crippen molar-refractivity contribution in [1.29, 1.82) is 0 Å². The van der Waals surface area contributed by atoms with Crippen molar-refractivity contribution in [1.82, 2.24) is 0 Å². The van der Waals surface area contributed by atoms with Gasteiger partial charge in [0.1, 0.15) is 4.70 Å². The van der Waals surface area contributed by atoms with Gasteiger partial charge in [0.05, 0.1) is 20.8 Å². The van der Waals surface area contributed by atoms with E-state index in [2.05, 4.69) is 92.5 Å². The minimum absolute atomic E-state index is 0. The summed E-state index contributed by atoms with van der Waals surface area (Å²) in [6.45, 7) is 3.28. The first-order valence-corrected chi connectivity index (χ1v) is 18.7. The normalized spacial score (nSPS) is 14.5. The maximum absolute atomic E-state index is 11.4. The first-order valence-electron chi connectivity index (χ1n) is 14.6. The Balaban J connectivity index is 0.00000417. The zero-order valence-corrected chi connectivity index (χ0v) is 30.8. The van der Waals surface area contributed by atoms with Crippen LogP contribution in [0.1, 0.15) is 31.2 Å². The number of aryl methyl sites for hydroxylation is 1. The molecule has 0 N–H and O–H groups in total. The third-order valence-electron chi connectivity index (χ3n) is 7.73. The molecular weight excluding hydrogens is 672 g/mol. The maximum atomic E-state index is 11.4. The summed E-state index contributed by atoms with van der Waals surface area (Å²) in [5, 5.41) is 20.5. The Morgan fingerprint density at radius 3 is 2.46 bits per heavy atom. The van der Waals surface area contributed by atoms with Gasteiger partial charge in [0.15, 0.2) is 6.54 Å². The standard InChI is InChI=1S/C33H32N2O6S4.Na/c1-2-23(21-30-34(17-7-19-42-41-40-36)28-15-13-24-9-3-5-11-26(24)32(28)43-30)22-31-35(18-8-20-45(37,38)39)29-16-14-25-10-4-6-12-27(25)33(29)44-31;/h3-6,9-16,21-22H,2,7-8,17-20H2,1H3,(H-,36,37,38,39);/q;+1/p-1. The summed E-state index contributed by atoms with van der Waals surface area (Å²) in [6, 6.07) is 25.1. The van der Waals surface area contributed by atoms with Gasteiger partial charge in [-0.1, -0.05) is 84.6 Å². The van der Waals surface area contributed by atoms with Gasteiger partial charge in [-0.15, -0.1) is 0 Å². The number of aromatic nitrogens is 1. The van der Waals surface area contributed by atoms with Crippen LogP contribution in [0.4, 0.5) is 5.69 Å². The molecule has 8 nitrogen and oxygen atoms in total. The van der Waals surface area contributed by atoms with Crippen LogP contribution in [0.3, 0.4) is 0 Å². The number of anilines is 1. The third-order valence-corrected chi connectivity index (χ3v) is 11.5. The SMILES string of the molecule is CCC(/C=C1\Sc2c(ccc3ccccc23)N1CCCS(=O)(=O)[O-])=C\c1sc2c3ccccc3ccc2[n+]1CCCSOO[O-].[Na+]. The Kier molecular flexibility index (Phi) is 12.3.